The Morgan fingerprint density at radius 3 is 2.48 bits per heavy atom. The molecule has 2 heterocycles. The molecule has 0 spiro atoms. The molecule has 4 nitrogen and oxygen atoms in total. The van der Waals surface area contributed by atoms with Crippen molar-refractivity contribution in [3.8, 4) is 0 Å². The van der Waals surface area contributed by atoms with Gasteiger partial charge in [0.25, 0.3) is 5.91 Å². The molecule has 27 heavy (non-hydrogen) atoms. The number of carbonyl (C=O) groups excluding carboxylic acids is 2. The fourth-order valence-corrected chi connectivity index (χ4v) is 6.00. The van der Waals surface area contributed by atoms with Crippen molar-refractivity contribution >= 4 is 34.9 Å². The third-order valence-corrected chi connectivity index (χ3v) is 7.49. The van der Waals surface area contributed by atoms with Crippen LogP contribution in [0.4, 0.5) is 0 Å². The molecule has 2 unspecified atom stereocenters. The van der Waals surface area contributed by atoms with Crippen LogP contribution in [0, 0.1) is 0 Å². The van der Waals surface area contributed by atoms with Gasteiger partial charge in [0.1, 0.15) is 11.4 Å². The maximum absolute atomic E-state index is 13.2. The van der Waals surface area contributed by atoms with Crippen molar-refractivity contribution in [1.29, 1.82) is 0 Å². The van der Waals surface area contributed by atoms with Crippen molar-refractivity contribution < 1.29 is 9.59 Å². The summed E-state index contributed by atoms with van der Waals surface area (Å²) in [7, 11) is 0. The van der Waals surface area contributed by atoms with E-state index in [4.69, 9.17) is 0 Å². The van der Waals surface area contributed by atoms with Crippen LogP contribution >= 0.6 is 23.1 Å². The van der Waals surface area contributed by atoms with Gasteiger partial charge in [0, 0.05) is 11.8 Å². The highest BCUT2D eigenvalue weighted by Gasteiger charge is 2.43. The maximum Gasteiger partial charge on any atom is 0.265 e. The van der Waals surface area contributed by atoms with E-state index < -0.39 is 6.04 Å². The van der Waals surface area contributed by atoms with Gasteiger partial charge in [0.05, 0.1) is 4.88 Å². The van der Waals surface area contributed by atoms with Crippen molar-refractivity contribution in [2.45, 2.75) is 49.6 Å². The average molecular weight is 401 g/mol. The molecule has 0 bridgehead atoms. The number of benzene rings is 1. The summed E-state index contributed by atoms with van der Waals surface area (Å²) in [6, 6.07) is 13.6. The number of carbonyl (C=O) groups is 2. The predicted octanol–water partition coefficient (Wildman–Crippen LogP) is 4.45. The minimum atomic E-state index is -0.420. The van der Waals surface area contributed by atoms with Gasteiger partial charge in [-0.1, -0.05) is 55.7 Å². The molecule has 1 saturated heterocycles. The molecule has 2 aliphatic rings. The molecule has 2 amide bonds. The zero-order valence-electron chi connectivity index (χ0n) is 15.2. The Kier molecular flexibility index (Phi) is 5.83. The molecule has 1 aromatic heterocycles. The standard InChI is InChI=1S/C21H24N2O2S2/c24-19(22-16-10-5-2-6-11-16)17-14-27-21(15-8-3-1-4-9-15)23(17)20(25)18-12-7-13-26-18/h1,3-4,7-9,12-13,16-17,21H,2,5-6,10-11,14H2,(H,22,24). The lowest BCUT2D eigenvalue weighted by Crippen LogP contribution is -2.50. The molecule has 142 valence electrons. The number of hydrogen-bond acceptors (Lipinski definition) is 4. The normalized spacial score (nSPS) is 23.3. The highest BCUT2D eigenvalue weighted by molar-refractivity contribution is 7.99. The SMILES string of the molecule is O=C(NC1CCCCC1)C1CSC(c2ccccc2)N1C(=O)c1cccs1. The van der Waals surface area contributed by atoms with Crippen molar-refractivity contribution in [3.05, 3.63) is 58.3 Å². The first-order valence-corrected chi connectivity index (χ1v) is 11.5. The number of rotatable bonds is 4. The molecule has 1 saturated carbocycles. The predicted molar refractivity (Wildman–Crippen MR) is 111 cm³/mol. The van der Waals surface area contributed by atoms with E-state index in [-0.39, 0.29) is 23.2 Å². The Labute approximate surface area is 168 Å². The first-order valence-electron chi connectivity index (χ1n) is 9.57. The summed E-state index contributed by atoms with van der Waals surface area (Å²) in [4.78, 5) is 28.8. The molecule has 2 fully saturated rings. The van der Waals surface area contributed by atoms with Gasteiger partial charge in [0.2, 0.25) is 5.91 Å². The molecule has 0 radical (unpaired) electrons. The summed E-state index contributed by atoms with van der Waals surface area (Å²) >= 11 is 3.11. The Balaban J connectivity index is 1.57. The monoisotopic (exact) mass is 400 g/mol. The van der Waals surface area contributed by atoms with E-state index in [0.717, 1.165) is 18.4 Å². The Hall–Kier alpha value is -1.79. The van der Waals surface area contributed by atoms with Gasteiger partial charge in [-0.25, -0.2) is 0 Å². The fraction of sp³-hybridized carbons (Fsp3) is 0.429. The maximum atomic E-state index is 13.2. The molecular formula is C21H24N2O2S2. The average Bonchev–Trinajstić information content (AvgIpc) is 3.39. The highest BCUT2D eigenvalue weighted by Crippen LogP contribution is 2.42. The lowest BCUT2D eigenvalue weighted by molar-refractivity contribution is -0.125. The second-order valence-electron chi connectivity index (χ2n) is 7.15. The van der Waals surface area contributed by atoms with Crippen LogP contribution in [0.25, 0.3) is 0 Å². The largest absolute Gasteiger partial charge is 0.352 e. The second-order valence-corrected chi connectivity index (χ2v) is 9.21. The number of nitrogens with one attached hydrogen (secondary N) is 1. The minimum absolute atomic E-state index is 0.00210. The van der Waals surface area contributed by atoms with E-state index in [1.807, 2.05) is 47.8 Å². The minimum Gasteiger partial charge on any atom is -0.352 e. The van der Waals surface area contributed by atoms with Crippen molar-refractivity contribution in [1.82, 2.24) is 10.2 Å². The molecule has 2 atom stereocenters. The highest BCUT2D eigenvalue weighted by atomic mass is 32.2. The molecule has 6 heteroatoms. The van der Waals surface area contributed by atoms with Gasteiger partial charge in [-0.3, -0.25) is 9.59 Å². The summed E-state index contributed by atoms with van der Waals surface area (Å²) < 4.78 is 0. The fourth-order valence-electron chi connectivity index (χ4n) is 3.90. The zero-order valence-corrected chi connectivity index (χ0v) is 16.8. The third-order valence-electron chi connectivity index (χ3n) is 5.31. The molecule has 1 N–H and O–H groups in total. The van der Waals surface area contributed by atoms with Gasteiger partial charge >= 0.3 is 0 Å². The van der Waals surface area contributed by atoms with E-state index in [9.17, 15) is 9.59 Å². The Bertz CT molecular complexity index is 773. The van der Waals surface area contributed by atoms with Crippen LogP contribution in [-0.4, -0.2) is 34.6 Å². The van der Waals surface area contributed by atoms with Crippen molar-refractivity contribution in [3.63, 3.8) is 0 Å². The summed E-state index contributed by atoms with van der Waals surface area (Å²) in [5, 5.41) is 5.01. The van der Waals surface area contributed by atoms with Gasteiger partial charge < -0.3 is 10.2 Å². The van der Waals surface area contributed by atoms with Gasteiger partial charge in [-0.05, 0) is 29.9 Å². The number of thioether (sulfide) groups is 1. The lowest BCUT2D eigenvalue weighted by atomic mass is 9.95. The Morgan fingerprint density at radius 2 is 1.78 bits per heavy atom. The number of amides is 2. The van der Waals surface area contributed by atoms with Gasteiger partial charge in [-0.2, -0.15) is 0 Å². The van der Waals surface area contributed by atoms with Gasteiger partial charge in [-0.15, -0.1) is 23.1 Å². The Morgan fingerprint density at radius 1 is 1.00 bits per heavy atom. The second kappa shape index (κ2) is 8.48. The molecule has 4 rings (SSSR count). The number of nitrogens with zero attached hydrogens (tertiary/aromatic N) is 1. The smallest absolute Gasteiger partial charge is 0.265 e. The van der Waals surface area contributed by atoms with Crippen LogP contribution in [0.1, 0.15) is 52.7 Å². The molecule has 1 aliphatic carbocycles. The lowest BCUT2D eigenvalue weighted by Gasteiger charge is -2.30. The van der Waals surface area contributed by atoms with Crippen molar-refractivity contribution in [2.24, 2.45) is 0 Å². The third kappa shape index (κ3) is 4.06. The summed E-state index contributed by atoms with van der Waals surface area (Å²) in [6.07, 6.45) is 5.70. The van der Waals surface area contributed by atoms with E-state index >= 15 is 0 Å². The van der Waals surface area contributed by atoms with E-state index in [0.29, 0.717) is 10.6 Å². The van der Waals surface area contributed by atoms with Crippen LogP contribution in [0.5, 0.6) is 0 Å². The number of hydrogen-bond donors (Lipinski definition) is 1. The van der Waals surface area contributed by atoms with E-state index in [2.05, 4.69) is 5.32 Å². The first-order chi connectivity index (χ1) is 13.2. The topological polar surface area (TPSA) is 49.4 Å². The summed E-state index contributed by atoms with van der Waals surface area (Å²) in [5.41, 5.74) is 1.07. The number of thiophene rings is 1. The van der Waals surface area contributed by atoms with Crippen LogP contribution in [0.15, 0.2) is 47.8 Å². The van der Waals surface area contributed by atoms with E-state index in [1.54, 1.807) is 16.7 Å². The van der Waals surface area contributed by atoms with Gasteiger partial charge in [0.15, 0.2) is 0 Å². The summed E-state index contributed by atoms with van der Waals surface area (Å²) in [6.45, 7) is 0. The van der Waals surface area contributed by atoms with Crippen LogP contribution in [-0.2, 0) is 4.79 Å². The quantitative estimate of drug-likeness (QED) is 0.825. The van der Waals surface area contributed by atoms with Crippen LogP contribution in [0.2, 0.25) is 0 Å². The first kappa shape index (κ1) is 18.6. The molecular weight excluding hydrogens is 376 g/mol. The molecule has 1 aliphatic heterocycles. The van der Waals surface area contributed by atoms with E-state index in [1.165, 1.54) is 30.6 Å². The molecule has 1 aromatic carbocycles. The summed E-state index contributed by atoms with van der Waals surface area (Å²) in [5.74, 6) is 0.584. The molecule has 2 aromatic rings. The van der Waals surface area contributed by atoms with Crippen LogP contribution in [0.3, 0.4) is 0 Å². The van der Waals surface area contributed by atoms with Crippen molar-refractivity contribution in [2.75, 3.05) is 5.75 Å². The zero-order chi connectivity index (χ0) is 18.6. The van der Waals surface area contributed by atoms with Crippen LogP contribution < -0.4 is 5.32 Å².